The van der Waals surface area contributed by atoms with E-state index in [1.807, 2.05) is 24.3 Å². The summed E-state index contributed by atoms with van der Waals surface area (Å²) in [5.74, 6) is 0.454. The minimum Gasteiger partial charge on any atom is -0.494 e. The van der Waals surface area contributed by atoms with Gasteiger partial charge in [0.25, 0.3) is 0 Å². The summed E-state index contributed by atoms with van der Waals surface area (Å²) in [4.78, 5) is 24.1. The lowest BCUT2D eigenvalue weighted by Gasteiger charge is -2.12. The molecular weight excluding hydrogens is 338 g/mol. The summed E-state index contributed by atoms with van der Waals surface area (Å²) in [5, 5.41) is 11.5. The number of carboxylic acids is 1. The van der Waals surface area contributed by atoms with Crippen molar-refractivity contribution in [1.29, 1.82) is 0 Å². The molecule has 130 valence electrons. The molecule has 1 aliphatic heterocycles. The van der Waals surface area contributed by atoms with Crippen LogP contribution in [0.2, 0.25) is 0 Å². The molecule has 5 nitrogen and oxygen atoms in total. The number of amides is 1. The lowest BCUT2D eigenvalue weighted by Crippen LogP contribution is -2.20. The predicted molar refractivity (Wildman–Crippen MR) is 97.3 cm³/mol. The molecule has 0 fully saturated rings. The van der Waals surface area contributed by atoms with Crippen molar-refractivity contribution in [3.8, 4) is 5.75 Å². The van der Waals surface area contributed by atoms with E-state index in [0.29, 0.717) is 18.8 Å². The third-order valence-corrected chi connectivity index (χ3v) is 5.12. The molecule has 2 aromatic rings. The maximum atomic E-state index is 12.5. The number of benzene rings is 2. The number of hydrogen-bond donors (Lipinski definition) is 2. The average molecular weight is 357 g/mol. The number of carboxylic acid groups (broad SMARTS) is 1. The Labute approximate surface area is 150 Å². The van der Waals surface area contributed by atoms with Crippen LogP contribution >= 0.6 is 11.8 Å². The van der Waals surface area contributed by atoms with Crippen molar-refractivity contribution in [2.24, 2.45) is 0 Å². The maximum absolute atomic E-state index is 12.5. The summed E-state index contributed by atoms with van der Waals surface area (Å²) in [6.45, 7) is 0.355. The summed E-state index contributed by atoms with van der Waals surface area (Å²) in [6, 6.07) is 15.1. The number of fused-ring (bicyclic) bond motifs is 1. The molecule has 0 saturated carbocycles. The summed E-state index contributed by atoms with van der Waals surface area (Å²) in [5.41, 5.74) is 1.81. The van der Waals surface area contributed by atoms with Crippen LogP contribution in [0, 0.1) is 0 Å². The van der Waals surface area contributed by atoms with Gasteiger partial charge in [0.15, 0.2) is 0 Å². The first-order valence-corrected chi connectivity index (χ1v) is 9.09. The lowest BCUT2D eigenvalue weighted by molar-refractivity contribution is -0.137. The molecule has 3 rings (SSSR count). The molecule has 1 unspecified atom stereocenters. The molecule has 0 aliphatic carbocycles. The van der Waals surface area contributed by atoms with Gasteiger partial charge in [-0.25, -0.2) is 0 Å². The van der Waals surface area contributed by atoms with E-state index in [4.69, 9.17) is 9.84 Å². The zero-order valence-electron chi connectivity index (χ0n) is 13.6. The van der Waals surface area contributed by atoms with Crippen LogP contribution in [0.1, 0.15) is 24.3 Å². The molecule has 0 bridgehead atoms. The van der Waals surface area contributed by atoms with Crippen molar-refractivity contribution >= 4 is 29.3 Å². The molecule has 2 aromatic carbocycles. The molecular formula is C19H19NO4S. The summed E-state index contributed by atoms with van der Waals surface area (Å²) in [7, 11) is 0. The number of ether oxygens (including phenoxy) is 1. The summed E-state index contributed by atoms with van der Waals surface area (Å²) in [6.07, 6.45) is 0.557. The van der Waals surface area contributed by atoms with Gasteiger partial charge in [-0.2, -0.15) is 0 Å². The number of hydrogen-bond acceptors (Lipinski definition) is 4. The summed E-state index contributed by atoms with van der Waals surface area (Å²) >= 11 is 1.71. The van der Waals surface area contributed by atoms with E-state index >= 15 is 0 Å². The zero-order valence-corrected chi connectivity index (χ0v) is 14.4. The lowest BCUT2D eigenvalue weighted by atomic mass is 10.0. The topological polar surface area (TPSA) is 75.6 Å². The molecule has 0 saturated heterocycles. The predicted octanol–water partition coefficient (Wildman–Crippen LogP) is 3.76. The van der Waals surface area contributed by atoms with E-state index in [1.54, 1.807) is 36.0 Å². The number of thioether (sulfide) groups is 1. The number of nitrogens with one attached hydrogen (secondary N) is 1. The highest BCUT2D eigenvalue weighted by Gasteiger charge is 2.28. The molecule has 0 spiro atoms. The van der Waals surface area contributed by atoms with Gasteiger partial charge in [0.05, 0.1) is 12.5 Å². The molecule has 0 aromatic heterocycles. The molecule has 6 heteroatoms. The van der Waals surface area contributed by atoms with Crippen LogP contribution in [-0.4, -0.2) is 29.3 Å². The van der Waals surface area contributed by atoms with Crippen LogP contribution in [0.5, 0.6) is 5.75 Å². The van der Waals surface area contributed by atoms with Crippen molar-refractivity contribution < 1.29 is 19.4 Å². The van der Waals surface area contributed by atoms with Gasteiger partial charge in [0.1, 0.15) is 5.75 Å². The van der Waals surface area contributed by atoms with Crippen LogP contribution in [0.4, 0.5) is 5.69 Å². The highest BCUT2D eigenvalue weighted by molar-refractivity contribution is 7.99. The van der Waals surface area contributed by atoms with E-state index in [9.17, 15) is 9.59 Å². The standard InChI is InChI=1S/C19H19NO4S/c21-18(22)6-3-11-24-14-9-7-13(8-10-14)20-19(23)16-12-25-17-5-2-1-4-15(16)17/h1-2,4-5,7-10,16H,3,6,11-12H2,(H,20,23)(H,21,22). The van der Waals surface area contributed by atoms with E-state index in [2.05, 4.69) is 5.32 Å². The van der Waals surface area contributed by atoms with Crippen molar-refractivity contribution in [2.45, 2.75) is 23.7 Å². The number of anilines is 1. The van der Waals surface area contributed by atoms with Crippen molar-refractivity contribution in [1.82, 2.24) is 0 Å². The molecule has 1 atom stereocenters. The second kappa shape index (κ2) is 8.07. The van der Waals surface area contributed by atoms with Crippen LogP contribution in [-0.2, 0) is 9.59 Å². The molecule has 0 radical (unpaired) electrons. The number of aliphatic carboxylic acids is 1. The van der Waals surface area contributed by atoms with E-state index in [-0.39, 0.29) is 18.2 Å². The van der Waals surface area contributed by atoms with Gasteiger partial charge in [-0.15, -0.1) is 11.8 Å². The first-order chi connectivity index (χ1) is 12.1. The average Bonchev–Trinajstić information content (AvgIpc) is 3.04. The molecule has 1 heterocycles. The van der Waals surface area contributed by atoms with Gasteiger partial charge in [-0.1, -0.05) is 18.2 Å². The number of carbonyl (C=O) groups is 2. The Kier molecular flexibility index (Phi) is 5.60. The fourth-order valence-corrected chi connectivity index (χ4v) is 3.89. The Bertz CT molecular complexity index is 760. The van der Waals surface area contributed by atoms with Crippen molar-refractivity contribution in [2.75, 3.05) is 17.7 Å². The van der Waals surface area contributed by atoms with Gasteiger partial charge in [-0.3, -0.25) is 9.59 Å². The number of rotatable bonds is 7. The third kappa shape index (κ3) is 4.54. The van der Waals surface area contributed by atoms with Gasteiger partial charge in [-0.05, 0) is 42.3 Å². The second-order valence-electron chi connectivity index (χ2n) is 5.76. The van der Waals surface area contributed by atoms with Crippen molar-refractivity contribution in [3.63, 3.8) is 0 Å². The molecule has 2 N–H and O–H groups in total. The van der Waals surface area contributed by atoms with Gasteiger partial charge in [0, 0.05) is 22.8 Å². The Morgan fingerprint density at radius 3 is 2.68 bits per heavy atom. The Hall–Kier alpha value is -2.47. The first-order valence-electron chi connectivity index (χ1n) is 8.11. The van der Waals surface area contributed by atoms with E-state index < -0.39 is 5.97 Å². The Balaban J connectivity index is 1.53. The van der Waals surface area contributed by atoms with Crippen LogP contribution in [0.15, 0.2) is 53.4 Å². The third-order valence-electron chi connectivity index (χ3n) is 3.94. The highest BCUT2D eigenvalue weighted by atomic mass is 32.2. The summed E-state index contributed by atoms with van der Waals surface area (Å²) < 4.78 is 5.48. The van der Waals surface area contributed by atoms with Gasteiger partial charge < -0.3 is 15.2 Å². The first kappa shape index (κ1) is 17.4. The fourth-order valence-electron chi connectivity index (χ4n) is 2.66. The van der Waals surface area contributed by atoms with Crippen LogP contribution in [0.3, 0.4) is 0 Å². The number of carbonyl (C=O) groups excluding carboxylic acids is 1. The highest BCUT2D eigenvalue weighted by Crippen LogP contribution is 2.39. The normalized spacial score (nSPS) is 15.4. The molecule has 1 amide bonds. The Morgan fingerprint density at radius 1 is 1.16 bits per heavy atom. The SMILES string of the molecule is O=C(O)CCCOc1ccc(NC(=O)C2CSc3ccccc32)cc1. The molecule has 25 heavy (non-hydrogen) atoms. The van der Waals surface area contributed by atoms with E-state index in [0.717, 1.165) is 17.0 Å². The van der Waals surface area contributed by atoms with Crippen molar-refractivity contribution in [3.05, 3.63) is 54.1 Å². The van der Waals surface area contributed by atoms with Crippen LogP contribution in [0.25, 0.3) is 0 Å². The van der Waals surface area contributed by atoms with E-state index in [1.165, 1.54) is 4.90 Å². The minimum atomic E-state index is -0.826. The zero-order chi connectivity index (χ0) is 17.6. The monoisotopic (exact) mass is 357 g/mol. The van der Waals surface area contributed by atoms with Gasteiger partial charge in [0.2, 0.25) is 5.91 Å². The van der Waals surface area contributed by atoms with Gasteiger partial charge >= 0.3 is 5.97 Å². The maximum Gasteiger partial charge on any atom is 0.303 e. The largest absolute Gasteiger partial charge is 0.494 e. The van der Waals surface area contributed by atoms with Crippen LogP contribution < -0.4 is 10.1 Å². The smallest absolute Gasteiger partial charge is 0.303 e. The molecule has 1 aliphatic rings. The Morgan fingerprint density at radius 2 is 1.92 bits per heavy atom. The quantitative estimate of drug-likeness (QED) is 0.738. The second-order valence-corrected chi connectivity index (χ2v) is 6.82. The minimum absolute atomic E-state index is 0.00687. The fraction of sp³-hybridized carbons (Fsp3) is 0.263.